The molecule has 3 rings (SSSR count). The number of ether oxygens (including phenoxy) is 1. The molecule has 0 spiro atoms. The lowest BCUT2D eigenvalue weighted by atomic mass is 10.1. The second-order valence-electron chi connectivity index (χ2n) is 6.60. The van der Waals surface area contributed by atoms with E-state index in [1.807, 2.05) is 62.4 Å². The molecule has 0 saturated carbocycles. The van der Waals surface area contributed by atoms with E-state index in [-0.39, 0.29) is 5.91 Å². The number of carbonyl (C=O) groups excluding carboxylic acids is 2. The van der Waals surface area contributed by atoms with Gasteiger partial charge in [-0.05, 0) is 55.3 Å². The lowest BCUT2D eigenvalue weighted by Gasteiger charge is -2.20. The van der Waals surface area contributed by atoms with Gasteiger partial charge in [0.1, 0.15) is 5.75 Å². The first-order valence-corrected chi connectivity index (χ1v) is 8.93. The number of nitrogens with one attached hydrogen (secondary N) is 1. The molecule has 0 aromatic heterocycles. The van der Waals surface area contributed by atoms with Crippen LogP contribution in [0.3, 0.4) is 0 Å². The monoisotopic (exact) mass is 374 g/mol. The molecule has 3 aromatic carbocycles. The Kier molecular flexibility index (Phi) is 5.75. The zero-order chi connectivity index (χ0) is 20.1. The van der Waals surface area contributed by atoms with Crippen LogP contribution in [0.4, 0.5) is 5.69 Å². The van der Waals surface area contributed by atoms with Gasteiger partial charge in [-0.2, -0.15) is 0 Å². The Morgan fingerprint density at radius 2 is 1.61 bits per heavy atom. The predicted molar refractivity (Wildman–Crippen MR) is 109 cm³/mol. The summed E-state index contributed by atoms with van der Waals surface area (Å²) in [6.07, 6.45) is -0.847. The SMILES string of the molecule is Cc1ccc(C)c(NC(=O)C(Oc2ccc(C(N)=O)cc2)c2ccccc2)c1. The highest BCUT2D eigenvalue weighted by atomic mass is 16.5. The highest BCUT2D eigenvalue weighted by molar-refractivity contribution is 5.96. The minimum atomic E-state index is -0.847. The number of primary amides is 1. The number of carbonyl (C=O) groups is 2. The van der Waals surface area contributed by atoms with Crippen molar-refractivity contribution in [2.24, 2.45) is 5.73 Å². The number of anilines is 1. The summed E-state index contributed by atoms with van der Waals surface area (Å²) in [4.78, 5) is 24.3. The fraction of sp³-hybridized carbons (Fsp3) is 0.130. The summed E-state index contributed by atoms with van der Waals surface area (Å²) in [6.45, 7) is 3.91. The Morgan fingerprint density at radius 1 is 0.929 bits per heavy atom. The van der Waals surface area contributed by atoms with Crippen molar-refractivity contribution < 1.29 is 14.3 Å². The topological polar surface area (TPSA) is 81.4 Å². The molecule has 2 amide bonds. The number of amides is 2. The number of benzene rings is 3. The highest BCUT2D eigenvalue weighted by Crippen LogP contribution is 2.25. The van der Waals surface area contributed by atoms with E-state index in [1.54, 1.807) is 24.3 Å². The van der Waals surface area contributed by atoms with Crippen molar-refractivity contribution in [1.29, 1.82) is 0 Å². The summed E-state index contributed by atoms with van der Waals surface area (Å²) in [5.74, 6) is -0.326. The van der Waals surface area contributed by atoms with Crippen molar-refractivity contribution in [2.75, 3.05) is 5.32 Å². The van der Waals surface area contributed by atoms with Crippen LogP contribution in [0.15, 0.2) is 72.8 Å². The number of hydrogen-bond acceptors (Lipinski definition) is 3. The molecule has 5 nitrogen and oxygen atoms in total. The predicted octanol–water partition coefficient (Wildman–Crippen LogP) is 4.16. The third kappa shape index (κ3) is 4.57. The van der Waals surface area contributed by atoms with Gasteiger partial charge in [-0.25, -0.2) is 0 Å². The third-order valence-corrected chi connectivity index (χ3v) is 4.38. The van der Waals surface area contributed by atoms with Crippen LogP contribution in [0.2, 0.25) is 0 Å². The molecule has 0 aliphatic rings. The average molecular weight is 374 g/mol. The first-order chi connectivity index (χ1) is 13.4. The molecule has 5 heteroatoms. The molecular weight excluding hydrogens is 352 g/mol. The molecule has 0 aliphatic carbocycles. The molecule has 142 valence electrons. The van der Waals surface area contributed by atoms with E-state index in [9.17, 15) is 9.59 Å². The largest absolute Gasteiger partial charge is 0.476 e. The van der Waals surface area contributed by atoms with Crippen LogP contribution in [0, 0.1) is 13.8 Å². The molecule has 0 heterocycles. The molecule has 1 atom stereocenters. The second kappa shape index (κ2) is 8.39. The van der Waals surface area contributed by atoms with Crippen LogP contribution in [0.25, 0.3) is 0 Å². The summed E-state index contributed by atoms with van der Waals surface area (Å²) in [7, 11) is 0. The second-order valence-corrected chi connectivity index (χ2v) is 6.60. The Hall–Kier alpha value is -3.60. The van der Waals surface area contributed by atoms with Crippen molar-refractivity contribution >= 4 is 17.5 Å². The smallest absolute Gasteiger partial charge is 0.270 e. The summed E-state index contributed by atoms with van der Waals surface area (Å²) in [5, 5.41) is 2.96. The molecule has 0 fully saturated rings. The normalized spacial score (nSPS) is 11.5. The minimum absolute atomic E-state index is 0.279. The average Bonchev–Trinajstić information content (AvgIpc) is 2.70. The van der Waals surface area contributed by atoms with Crippen LogP contribution in [0.5, 0.6) is 5.75 Å². The van der Waals surface area contributed by atoms with Crippen LogP contribution in [-0.4, -0.2) is 11.8 Å². The molecule has 0 aliphatic heterocycles. The number of aryl methyl sites for hydroxylation is 2. The van der Waals surface area contributed by atoms with Crippen molar-refractivity contribution in [1.82, 2.24) is 0 Å². The Bertz CT molecular complexity index is 982. The summed E-state index contributed by atoms with van der Waals surface area (Å²) in [6, 6.07) is 21.5. The minimum Gasteiger partial charge on any atom is -0.476 e. The van der Waals surface area contributed by atoms with Crippen molar-refractivity contribution in [3.05, 3.63) is 95.1 Å². The maximum Gasteiger partial charge on any atom is 0.270 e. The highest BCUT2D eigenvalue weighted by Gasteiger charge is 2.23. The van der Waals surface area contributed by atoms with Gasteiger partial charge in [-0.15, -0.1) is 0 Å². The van der Waals surface area contributed by atoms with Crippen LogP contribution < -0.4 is 15.8 Å². The molecule has 0 bridgehead atoms. The van der Waals surface area contributed by atoms with Gasteiger partial charge < -0.3 is 15.8 Å². The maximum atomic E-state index is 13.0. The molecular formula is C23H22N2O3. The van der Waals surface area contributed by atoms with Gasteiger partial charge in [0.2, 0.25) is 12.0 Å². The van der Waals surface area contributed by atoms with E-state index >= 15 is 0 Å². The van der Waals surface area contributed by atoms with Gasteiger partial charge in [0.05, 0.1) is 0 Å². The van der Waals surface area contributed by atoms with E-state index in [4.69, 9.17) is 10.5 Å². The first kappa shape index (κ1) is 19.2. The number of rotatable bonds is 6. The van der Waals surface area contributed by atoms with Crippen LogP contribution >= 0.6 is 0 Å². The molecule has 0 radical (unpaired) electrons. The van der Waals surface area contributed by atoms with Crippen LogP contribution in [0.1, 0.15) is 33.2 Å². The number of hydrogen-bond donors (Lipinski definition) is 2. The van der Waals surface area contributed by atoms with E-state index in [0.717, 1.165) is 22.4 Å². The maximum absolute atomic E-state index is 13.0. The fourth-order valence-corrected chi connectivity index (χ4v) is 2.80. The zero-order valence-electron chi connectivity index (χ0n) is 15.8. The molecule has 1 unspecified atom stereocenters. The van der Waals surface area contributed by atoms with E-state index in [0.29, 0.717) is 11.3 Å². The van der Waals surface area contributed by atoms with Crippen molar-refractivity contribution in [3.63, 3.8) is 0 Å². The molecule has 3 N–H and O–H groups in total. The Balaban J connectivity index is 1.87. The summed E-state index contributed by atoms with van der Waals surface area (Å²) >= 11 is 0. The lowest BCUT2D eigenvalue weighted by molar-refractivity contribution is -0.123. The Labute approximate surface area is 164 Å². The van der Waals surface area contributed by atoms with Gasteiger partial charge in [0, 0.05) is 16.8 Å². The van der Waals surface area contributed by atoms with Gasteiger partial charge in [0.15, 0.2) is 0 Å². The van der Waals surface area contributed by atoms with E-state index in [1.165, 1.54) is 0 Å². The quantitative estimate of drug-likeness (QED) is 0.680. The van der Waals surface area contributed by atoms with Crippen LogP contribution in [-0.2, 0) is 4.79 Å². The molecule has 0 saturated heterocycles. The summed E-state index contributed by atoms with van der Waals surface area (Å²) in [5.41, 5.74) is 9.15. The van der Waals surface area contributed by atoms with Crippen molar-refractivity contribution in [2.45, 2.75) is 20.0 Å². The first-order valence-electron chi connectivity index (χ1n) is 8.93. The molecule has 3 aromatic rings. The van der Waals surface area contributed by atoms with Gasteiger partial charge in [0.25, 0.3) is 5.91 Å². The van der Waals surface area contributed by atoms with Gasteiger partial charge in [-0.1, -0.05) is 42.5 Å². The Morgan fingerprint density at radius 3 is 2.25 bits per heavy atom. The lowest BCUT2D eigenvalue weighted by Crippen LogP contribution is -2.26. The third-order valence-electron chi connectivity index (χ3n) is 4.38. The van der Waals surface area contributed by atoms with Crippen molar-refractivity contribution in [3.8, 4) is 5.75 Å². The van der Waals surface area contributed by atoms with Gasteiger partial charge >= 0.3 is 0 Å². The zero-order valence-corrected chi connectivity index (χ0v) is 15.8. The fourth-order valence-electron chi connectivity index (χ4n) is 2.80. The van der Waals surface area contributed by atoms with E-state index in [2.05, 4.69) is 5.32 Å². The number of nitrogens with two attached hydrogens (primary N) is 1. The summed E-state index contributed by atoms with van der Waals surface area (Å²) < 4.78 is 5.98. The van der Waals surface area contributed by atoms with Gasteiger partial charge in [-0.3, -0.25) is 9.59 Å². The van der Waals surface area contributed by atoms with E-state index < -0.39 is 12.0 Å². The standard InChI is InChI=1S/C23H22N2O3/c1-15-8-9-16(2)20(14-15)25-23(27)21(17-6-4-3-5-7-17)28-19-12-10-18(11-13-19)22(24)26/h3-14,21H,1-2H3,(H2,24,26)(H,25,27). The molecule has 28 heavy (non-hydrogen) atoms.